The van der Waals surface area contributed by atoms with Crippen molar-refractivity contribution in [2.75, 3.05) is 5.75 Å². The summed E-state index contributed by atoms with van der Waals surface area (Å²) in [5.74, 6) is -2.30. The molecule has 2 aromatic rings. The molecule has 2 rings (SSSR count). The average molecular weight is 459 g/mol. The molecule has 1 unspecified atom stereocenters. The lowest BCUT2D eigenvalue weighted by molar-refractivity contribution is -0.149. The molecule has 0 radical (unpaired) electrons. The number of aliphatic carboxylic acids is 2. The lowest BCUT2D eigenvalue weighted by Gasteiger charge is -2.24. The molecular formula is C26H34O5S. The fourth-order valence-electron chi connectivity index (χ4n) is 3.72. The Bertz CT molecular complexity index is 839. The molecule has 0 saturated heterocycles. The molecule has 0 fully saturated rings. The van der Waals surface area contributed by atoms with E-state index in [4.69, 9.17) is 5.11 Å². The van der Waals surface area contributed by atoms with E-state index in [0.29, 0.717) is 0 Å². The monoisotopic (exact) mass is 458 g/mol. The topological polar surface area (TPSA) is 94.8 Å². The van der Waals surface area contributed by atoms with Gasteiger partial charge in [0.1, 0.15) is 0 Å². The van der Waals surface area contributed by atoms with Crippen molar-refractivity contribution in [2.45, 2.75) is 69.1 Å². The molecule has 0 spiro atoms. The number of unbranched alkanes of at least 4 members (excludes halogenated alkanes) is 5. The van der Waals surface area contributed by atoms with E-state index in [-0.39, 0.29) is 18.6 Å². The van der Waals surface area contributed by atoms with Crippen molar-refractivity contribution in [3.63, 3.8) is 0 Å². The van der Waals surface area contributed by atoms with Gasteiger partial charge >= 0.3 is 11.9 Å². The fraction of sp³-hybridized carbons (Fsp3) is 0.462. The Morgan fingerprint density at radius 3 is 1.94 bits per heavy atom. The first-order valence-electron chi connectivity index (χ1n) is 11.3. The van der Waals surface area contributed by atoms with Crippen LogP contribution in [0.25, 0.3) is 0 Å². The third-order valence-corrected chi connectivity index (χ3v) is 6.75. The highest BCUT2D eigenvalue weighted by atomic mass is 32.2. The molecule has 1 atom stereocenters. The number of rotatable bonds is 16. The molecule has 3 N–H and O–H groups in total. The molecule has 0 aliphatic rings. The van der Waals surface area contributed by atoms with Gasteiger partial charge in [-0.25, -0.2) is 4.79 Å². The van der Waals surface area contributed by atoms with Crippen LogP contribution in [0.2, 0.25) is 0 Å². The Labute approximate surface area is 194 Å². The number of carboxylic acids is 2. The first kappa shape index (κ1) is 25.9. The molecule has 0 aliphatic heterocycles. The summed E-state index contributed by atoms with van der Waals surface area (Å²) in [6.45, 7) is 0. The summed E-state index contributed by atoms with van der Waals surface area (Å²) < 4.78 is 0. The normalized spacial score (nSPS) is 12.9. The van der Waals surface area contributed by atoms with Crippen LogP contribution in [0.5, 0.6) is 0 Å². The minimum Gasteiger partial charge on any atom is -0.481 e. The van der Waals surface area contributed by atoms with Crippen LogP contribution in [0.1, 0.15) is 61.6 Å². The molecule has 0 bridgehead atoms. The maximum atomic E-state index is 11.7. The lowest BCUT2D eigenvalue weighted by atomic mass is 9.96. The Morgan fingerprint density at radius 1 is 0.750 bits per heavy atom. The van der Waals surface area contributed by atoms with E-state index >= 15 is 0 Å². The van der Waals surface area contributed by atoms with Crippen LogP contribution in [0.15, 0.2) is 54.6 Å². The molecule has 32 heavy (non-hydrogen) atoms. The van der Waals surface area contributed by atoms with Gasteiger partial charge in [0.2, 0.25) is 4.93 Å². The van der Waals surface area contributed by atoms with E-state index in [0.717, 1.165) is 48.6 Å². The van der Waals surface area contributed by atoms with E-state index in [2.05, 4.69) is 24.3 Å². The van der Waals surface area contributed by atoms with Crippen LogP contribution >= 0.6 is 11.8 Å². The molecule has 5 nitrogen and oxygen atoms in total. The van der Waals surface area contributed by atoms with Crippen molar-refractivity contribution < 1.29 is 24.9 Å². The summed E-state index contributed by atoms with van der Waals surface area (Å²) in [4.78, 5) is 20.4. The van der Waals surface area contributed by atoms with E-state index in [9.17, 15) is 19.8 Å². The van der Waals surface area contributed by atoms with Crippen LogP contribution in [0.4, 0.5) is 0 Å². The molecule has 0 aliphatic carbocycles. The molecule has 0 aromatic heterocycles. The van der Waals surface area contributed by atoms with Gasteiger partial charge in [-0.3, -0.25) is 4.79 Å². The highest BCUT2D eigenvalue weighted by molar-refractivity contribution is 8.01. The van der Waals surface area contributed by atoms with Gasteiger partial charge in [0, 0.05) is 12.2 Å². The molecule has 174 valence electrons. The fourth-order valence-corrected chi connectivity index (χ4v) is 4.72. The van der Waals surface area contributed by atoms with Gasteiger partial charge in [-0.1, -0.05) is 80.3 Å². The first-order valence-corrected chi connectivity index (χ1v) is 12.3. The van der Waals surface area contributed by atoms with E-state index in [1.54, 1.807) is 0 Å². The second-order valence-electron chi connectivity index (χ2n) is 8.13. The number of carboxylic acid groups (broad SMARTS) is 2. The Kier molecular flexibility index (Phi) is 11.3. The highest BCUT2D eigenvalue weighted by Crippen LogP contribution is 2.30. The predicted octanol–water partition coefficient (Wildman–Crippen LogP) is 5.34. The van der Waals surface area contributed by atoms with Gasteiger partial charge in [0.15, 0.2) is 0 Å². The molecule has 0 saturated carbocycles. The second kappa shape index (κ2) is 14.0. The second-order valence-corrected chi connectivity index (χ2v) is 9.51. The zero-order valence-electron chi connectivity index (χ0n) is 18.5. The maximum Gasteiger partial charge on any atom is 0.346 e. The summed E-state index contributed by atoms with van der Waals surface area (Å²) in [5.41, 5.74) is 3.25. The van der Waals surface area contributed by atoms with Gasteiger partial charge < -0.3 is 15.3 Å². The molecular weight excluding hydrogens is 424 g/mol. The van der Waals surface area contributed by atoms with Gasteiger partial charge in [-0.2, -0.15) is 0 Å². The minimum atomic E-state index is -2.02. The van der Waals surface area contributed by atoms with Crippen molar-refractivity contribution in [1.82, 2.24) is 0 Å². The number of benzene rings is 2. The Morgan fingerprint density at radius 2 is 1.31 bits per heavy atom. The van der Waals surface area contributed by atoms with Crippen molar-refractivity contribution in [2.24, 2.45) is 0 Å². The highest BCUT2D eigenvalue weighted by Gasteiger charge is 2.37. The summed E-state index contributed by atoms with van der Waals surface area (Å²) >= 11 is 0.777. The van der Waals surface area contributed by atoms with Crippen LogP contribution < -0.4 is 0 Å². The van der Waals surface area contributed by atoms with E-state index in [1.165, 1.54) is 31.2 Å². The van der Waals surface area contributed by atoms with Gasteiger partial charge in [0.25, 0.3) is 0 Å². The predicted molar refractivity (Wildman–Crippen MR) is 129 cm³/mol. The van der Waals surface area contributed by atoms with Crippen molar-refractivity contribution in [1.29, 1.82) is 0 Å². The van der Waals surface area contributed by atoms with Crippen molar-refractivity contribution in [3.8, 4) is 0 Å². The standard InChI is InChI=1S/C26H34O5S/c27-24(28)18-19-32-26(31,25(29)30)20-23-17-11-10-16-22(23)15-9-4-2-1-3-6-12-21-13-7-5-8-14-21/h5,7-8,10-11,13-14,16-17,31H,1-4,6,9,12,15,18-20H2,(H,27,28)(H,29,30). The van der Waals surface area contributed by atoms with Gasteiger partial charge in [-0.15, -0.1) is 11.8 Å². The van der Waals surface area contributed by atoms with Crippen molar-refractivity contribution >= 4 is 23.7 Å². The largest absolute Gasteiger partial charge is 0.481 e. The average Bonchev–Trinajstić information content (AvgIpc) is 2.77. The third kappa shape index (κ3) is 9.45. The van der Waals surface area contributed by atoms with Crippen LogP contribution in [-0.4, -0.2) is 37.9 Å². The van der Waals surface area contributed by atoms with Gasteiger partial charge in [-0.05, 0) is 42.4 Å². The van der Waals surface area contributed by atoms with E-state index in [1.807, 2.05) is 30.3 Å². The molecule has 0 heterocycles. The summed E-state index contributed by atoms with van der Waals surface area (Å²) in [6, 6.07) is 18.2. The molecule has 0 amide bonds. The van der Waals surface area contributed by atoms with Crippen LogP contribution in [-0.2, 0) is 28.9 Å². The first-order chi connectivity index (χ1) is 15.4. The molecule has 2 aromatic carbocycles. The maximum absolute atomic E-state index is 11.7. The number of carbonyl (C=O) groups is 2. The Balaban J connectivity index is 1.74. The zero-order valence-corrected chi connectivity index (χ0v) is 19.4. The lowest BCUT2D eigenvalue weighted by Crippen LogP contribution is -2.38. The third-order valence-electron chi connectivity index (χ3n) is 5.54. The molecule has 6 heteroatoms. The quantitative estimate of drug-likeness (QED) is 0.232. The van der Waals surface area contributed by atoms with Crippen molar-refractivity contribution in [3.05, 3.63) is 71.3 Å². The summed E-state index contributed by atoms with van der Waals surface area (Å²) in [7, 11) is 0. The summed E-state index contributed by atoms with van der Waals surface area (Å²) in [6.07, 6.45) is 8.72. The smallest absolute Gasteiger partial charge is 0.346 e. The number of aliphatic hydroxyl groups is 1. The van der Waals surface area contributed by atoms with Crippen LogP contribution in [0, 0.1) is 0 Å². The van der Waals surface area contributed by atoms with E-state index < -0.39 is 16.9 Å². The number of hydrogen-bond donors (Lipinski definition) is 3. The minimum absolute atomic E-state index is 0.0394. The number of thioether (sulfide) groups is 1. The zero-order chi connectivity index (χ0) is 23.2. The SMILES string of the molecule is O=C(O)CCSC(O)(Cc1ccccc1CCCCCCCCc1ccccc1)C(=O)O. The number of hydrogen-bond acceptors (Lipinski definition) is 4. The Hall–Kier alpha value is -2.31. The van der Waals surface area contributed by atoms with Crippen LogP contribution in [0.3, 0.4) is 0 Å². The number of aryl methyl sites for hydroxylation is 2. The summed E-state index contributed by atoms with van der Waals surface area (Å²) in [5, 5.41) is 28.9. The van der Waals surface area contributed by atoms with Gasteiger partial charge in [0.05, 0.1) is 6.42 Å².